The monoisotopic (exact) mass is 333 g/mol. The Balaban J connectivity index is 2.00. The highest BCUT2D eigenvalue weighted by atomic mass is 35.5. The molecule has 0 aliphatic carbocycles. The second-order valence-corrected chi connectivity index (χ2v) is 4.97. The Hall–Kier alpha value is -2.66. The van der Waals surface area contributed by atoms with E-state index < -0.39 is 11.8 Å². The largest absolute Gasteiger partial charge is 0.465 e. The minimum absolute atomic E-state index is 0.00837. The second kappa shape index (κ2) is 7.56. The van der Waals surface area contributed by atoms with Crippen LogP contribution in [0.25, 0.3) is 6.08 Å². The minimum Gasteiger partial charge on any atom is -0.465 e. The van der Waals surface area contributed by atoms with Gasteiger partial charge in [0.2, 0.25) is 5.91 Å². The molecule has 1 amide bonds. The molecule has 6 heteroatoms. The van der Waals surface area contributed by atoms with Gasteiger partial charge in [0.1, 0.15) is 5.82 Å². The topological polar surface area (TPSA) is 55.4 Å². The van der Waals surface area contributed by atoms with Crippen molar-refractivity contribution in [1.82, 2.24) is 0 Å². The lowest BCUT2D eigenvalue weighted by Gasteiger charge is -2.03. The molecule has 0 radical (unpaired) electrons. The first-order valence-electron chi connectivity index (χ1n) is 6.62. The summed E-state index contributed by atoms with van der Waals surface area (Å²) in [4.78, 5) is 23.1. The molecule has 0 fully saturated rings. The van der Waals surface area contributed by atoms with Gasteiger partial charge in [-0.15, -0.1) is 0 Å². The van der Waals surface area contributed by atoms with Crippen molar-refractivity contribution >= 4 is 35.2 Å². The zero-order valence-electron chi connectivity index (χ0n) is 12.2. The smallest absolute Gasteiger partial charge is 0.337 e. The lowest BCUT2D eigenvalue weighted by atomic mass is 10.2. The number of halogens is 2. The number of carbonyl (C=O) groups is 2. The number of benzene rings is 2. The summed E-state index contributed by atoms with van der Waals surface area (Å²) in [6, 6.07) is 10.4. The molecular formula is C17H13ClFNO3. The highest BCUT2D eigenvalue weighted by Gasteiger charge is 2.05. The zero-order chi connectivity index (χ0) is 16.8. The molecule has 23 heavy (non-hydrogen) atoms. The van der Waals surface area contributed by atoms with Crippen LogP contribution in [0.4, 0.5) is 10.1 Å². The van der Waals surface area contributed by atoms with Crippen LogP contribution in [-0.4, -0.2) is 19.0 Å². The normalized spacial score (nSPS) is 10.6. The average Bonchev–Trinajstić information content (AvgIpc) is 2.56. The third-order valence-electron chi connectivity index (χ3n) is 2.94. The average molecular weight is 334 g/mol. The van der Waals surface area contributed by atoms with Crippen molar-refractivity contribution in [3.8, 4) is 0 Å². The number of hydrogen-bond acceptors (Lipinski definition) is 3. The van der Waals surface area contributed by atoms with E-state index >= 15 is 0 Å². The van der Waals surface area contributed by atoms with Gasteiger partial charge in [-0.05, 0) is 48.0 Å². The van der Waals surface area contributed by atoms with Gasteiger partial charge in [-0.25, -0.2) is 9.18 Å². The van der Waals surface area contributed by atoms with Gasteiger partial charge in [0, 0.05) is 11.8 Å². The highest BCUT2D eigenvalue weighted by Crippen LogP contribution is 2.17. The number of methoxy groups -OCH3 is 1. The van der Waals surface area contributed by atoms with Gasteiger partial charge in [-0.1, -0.05) is 17.7 Å². The minimum atomic E-state index is -0.515. The lowest BCUT2D eigenvalue weighted by molar-refractivity contribution is -0.111. The van der Waals surface area contributed by atoms with Gasteiger partial charge < -0.3 is 10.1 Å². The highest BCUT2D eigenvalue weighted by molar-refractivity contribution is 6.30. The number of nitrogens with one attached hydrogen (secondary N) is 1. The number of anilines is 1. The number of rotatable bonds is 4. The Kier molecular flexibility index (Phi) is 5.49. The standard InChI is InChI=1S/C17H13ClFNO3/c1-23-17(22)12-4-6-13(7-5-12)20-16(21)9-3-11-2-8-15(19)14(18)10-11/h2-10H,1H3,(H,20,21)/b9-3+. The maximum Gasteiger partial charge on any atom is 0.337 e. The Morgan fingerprint density at radius 2 is 1.87 bits per heavy atom. The third-order valence-corrected chi connectivity index (χ3v) is 3.23. The molecule has 2 aromatic carbocycles. The molecule has 2 rings (SSSR count). The van der Waals surface area contributed by atoms with Crippen LogP contribution in [0.1, 0.15) is 15.9 Å². The van der Waals surface area contributed by atoms with Crippen LogP contribution >= 0.6 is 11.6 Å². The Morgan fingerprint density at radius 1 is 1.17 bits per heavy atom. The molecule has 0 aromatic heterocycles. The van der Waals surface area contributed by atoms with E-state index in [-0.39, 0.29) is 10.9 Å². The summed E-state index contributed by atoms with van der Waals surface area (Å²) in [6.07, 6.45) is 2.82. The van der Waals surface area contributed by atoms with Crippen LogP contribution < -0.4 is 5.32 Å². The number of esters is 1. The fourth-order valence-electron chi connectivity index (χ4n) is 1.78. The Bertz CT molecular complexity index is 757. The molecule has 0 spiro atoms. The summed E-state index contributed by atoms with van der Waals surface area (Å²) in [6.45, 7) is 0. The van der Waals surface area contributed by atoms with Crippen molar-refractivity contribution in [1.29, 1.82) is 0 Å². The molecule has 0 unspecified atom stereocenters. The quantitative estimate of drug-likeness (QED) is 0.681. The van der Waals surface area contributed by atoms with Gasteiger partial charge >= 0.3 is 5.97 Å². The zero-order valence-corrected chi connectivity index (χ0v) is 12.9. The van der Waals surface area contributed by atoms with Gasteiger partial charge in [-0.3, -0.25) is 4.79 Å². The first kappa shape index (κ1) is 16.7. The molecular weight excluding hydrogens is 321 g/mol. The fourth-order valence-corrected chi connectivity index (χ4v) is 1.97. The summed E-state index contributed by atoms with van der Waals surface area (Å²) in [5.74, 6) is -1.33. The summed E-state index contributed by atoms with van der Waals surface area (Å²) in [5.41, 5.74) is 1.53. The van der Waals surface area contributed by atoms with E-state index in [4.69, 9.17) is 11.6 Å². The van der Waals surface area contributed by atoms with E-state index in [1.54, 1.807) is 24.3 Å². The van der Waals surface area contributed by atoms with E-state index in [9.17, 15) is 14.0 Å². The molecule has 0 saturated carbocycles. The van der Waals surface area contributed by atoms with Crippen molar-refractivity contribution in [3.05, 3.63) is 70.5 Å². The fraction of sp³-hybridized carbons (Fsp3) is 0.0588. The SMILES string of the molecule is COC(=O)c1ccc(NC(=O)/C=C/c2ccc(F)c(Cl)c2)cc1. The van der Waals surface area contributed by atoms with Gasteiger partial charge in [-0.2, -0.15) is 0 Å². The Labute approximate surface area is 137 Å². The van der Waals surface area contributed by atoms with E-state index in [1.165, 1.54) is 37.5 Å². The number of amides is 1. The van der Waals surface area contributed by atoms with Crippen LogP contribution in [0.2, 0.25) is 5.02 Å². The van der Waals surface area contributed by atoms with Crippen molar-refractivity contribution in [2.75, 3.05) is 12.4 Å². The molecule has 4 nitrogen and oxygen atoms in total. The van der Waals surface area contributed by atoms with Crippen molar-refractivity contribution < 1.29 is 18.7 Å². The third kappa shape index (κ3) is 4.66. The molecule has 1 N–H and O–H groups in total. The molecule has 0 bridgehead atoms. The van der Waals surface area contributed by atoms with E-state index in [2.05, 4.69) is 10.1 Å². The van der Waals surface area contributed by atoms with E-state index in [0.29, 0.717) is 16.8 Å². The van der Waals surface area contributed by atoms with Crippen LogP contribution in [-0.2, 0) is 9.53 Å². The lowest BCUT2D eigenvalue weighted by Crippen LogP contribution is -2.08. The molecule has 0 saturated heterocycles. The van der Waals surface area contributed by atoms with Crippen LogP contribution in [0.3, 0.4) is 0 Å². The first-order valence-corrected chi connectivity index (χ1v) is 7.00. The predicted octanol–water partition coefficient (Wildman–Crippen LogP) is 3.92. The van der Waals surface area contributed by atoms with Crippen molar-refractivity contribution in [3.63, 3.8) is 0 Å². The van der Waals surface area contributed by atoms with E-state index in [1.807, 2.05) is 0 Å². The maximum absolute atomic E-state index is 13.0. The first-order chi connectivity index (χ1) is 11.0. The predicted molar refractivity (Wildman–Crippen MR) is 86.9 cm³/mol. The van der Waals surface area contributed by atoms with Crippen LogP contribution in [0, 0.1) is 5.82 Å². The number of ether oxygens (including phenoxy) is 1. The molecule has 0 aliphatic heterocycles. The Morgan fingerprint density at radius 3 is 2.48 bits per heavy atom. The van der Waals surface area contributed by atoms with Crippen LogP contribution in [0.15, 0.2) is 48.5 Å². The maximum atomic E-state index is 13.0. The number of carbonyl (C=O) groups excluding carboxylic acids is 2. The molecule has 118 valence electrons. The second-order valence-electron chi connectivity index (χ2n) is 4.57. The van der Waals surface area contributed by atoms with Crippen molar-refractivity contribution in [2.45, 2.75) is 0 Å². The molecule has 2 aromatic rings. The van der Waals surface area contributed by atoms with Gasteiger partial charge in [0.05, 0.1) is 17.7 Å². The van der Waals surface area contributed by atoms with E-state index in [0.717, 1.165) is 0 Å². The molecule has 0 heterocycles. The van der Waals surface area contributed by atoms with Crippen LogP contribution in [0.5, 0.6) is 0 Å². The summed E-state index contributed by atoms with van der Waals surface area (Å²) < 4.78 is 17.6. The van der Waals surface area contributed by atoms with Crippen molar-refractivity contribution in [2.24, 2.45) is 0 Å². The molecule has 0 aliphatic rings. The van der Waals surface area contributed by atoms with Gasteiger partial charge in [0.25, 0.3) is 0 Å². The molecule has 0 atom stereocenters. The summed E-state index contributed by atoms with van der Waals surface area (Å²) >= 11 is 5.66. The number of hydrogen-bond donors (Lipinski definition) is 1. The summed E-state index contributed by atoms with van der Waals surface area (Å²) in [5, 5.41) is 2.63. The summed E-state index contributed by atoms with van der Waals surface area (Å²) in [7, 11) is 1.30. The van der Waals surface area contributed by atoms with Gasteiger partial charge in [0.15, 0.2) is 0 Å².